The second-order valence-electron chi connectivity index (χ2n) is 1.85. The highest BCUT2D eigenvalue weighted by molar-refractivity contribution is 5.33. The van der Waals surface area contributed by atoms with Gasteiger partial charge in [-0.25, -0.2) is 4.79 Å². The monoisotopic (exact) mass is 161 g/mol. The highest BCUT2D eigenvalue weighted by Gasteiger charge is 1.93. The molecule has 0 unspecified atom stereocenters. The molecule has 0 bridgehead atoms. The zero-order valence-corrected chi connectivity index (χ0v) is 5.84. The van der Waals surface area contributed by atoms with Crippen LogP contribution in [0, 0.1) is 23.2 Å². The van der Waals surface area contributed by atoms with E-state index in [9.17, 15) is 9.59 Å². The van der Waals surface area contributed by atoms with Gasteiger partial charge < -0.3 is 4.98 Å². The second-order valence-corrected chi connectivity index (χ2v) is 1.85. The normalized spacial score (nSPS) is 7.92. The highest BCUT2D eigenvalue weighted by Crippen LogP contribution is 1.77. The van der Waals surface area contributed by atoms with Gasteiger partial charge in [-0.1, -0.05) is 0 Å². The molecule has 1 aromatic rings. The molecule has 12 heavy (non-hydrogen) atoms. The molecule has 0 fully saturated rings. The van der Waals surface area contributed by atoms with Gasteiger partial charge >= 0.3 is 5.69 Å². The maximum absolute atomic E-state index is 10.9. The Morgan fingerprint density at radius 3 is 2.75 bits per heavy atom. The van der Waals surface area contributed by atoms with Crippen LogP contribution in [0.15, 0.2) is 15.8 Å². The molecule has 0 aliphatic rings. The number of nitrogens with zero attached hydrogens (tertiary/aromatic N) is 1. The van der Waals surface area contributed by atoms with Crippen molar-refractivity contribution in [3.63, 3.8) is 0 Å². The van der Waals surface area contributed by atoms with Gasteiger partial charge in [-0.15, -0.1) is 0 Å². The largest absolute Gasteiger partial charge is 0.325 e. The molecule has 0 aliphatic carbocycles. The lowest BCUT2D eigenvalue weighted by Gasteiger charge is -1.84. The zero-order valence-electron chi connectivity index (χ0n) is 5.84. The second kappa shape index (κ2) is 3.22. The molecule has 58 valence electrons. The molecule has 1 aromatic heterocycles. The van der Waals surface area contributed by atoms with Crippen molar-refractivity contribution in [2.45, 2.75) is 0 Å². The molecule has 0 saturated carbocycles. The number of nitrogens with one attached hydrogen (secondary N) is 2. The first-order chi connectivity index (χ1) is 5.74. The molecular weight excluding hydrogens is 158 g/mol. The van der Waals surface area contributed by atoms with E-state index in [2.05, 4.69) is 10.9 Å². The molecule has 0 radical (unpaired) electrons. The molecule has 0 spiro atoms. The predicted octanol–water partition coefficient (Wildman–Crippen LogP) is -1.06. The van der Waals surface area contributed by atoms with Gasteiger partial charge in [-0.05, 0) is 5.92 Å². The van der Waals surface area contributed by atoms with Crippen LogP contribution in [0.4, 0.5) is 0 Å². The fraction of sp³-hybridized carbons (Fsp3) is 0. The van der Waals surface area contributed by atoms with Crippen molar-refractivity contribution >= 4 is 0 Å². The van der Waals surface area contributed by atoms with Gasteiger partial charge in [0.1, 0.15) is 5.56 Å². The Hall–Kier alpha value is -2.27. The lowest BCUT2D eigenvalue weighted by atomic mass is 10.3. The molecule has 5 heteroatoms. The quantitative estimate of drug-likeness (QED) is 0.475. The molecule has 2 N–H and O–H groups in total. The van der Waals surface area contributed by atoms with Crippen molar-refractivity contribution in [3.05, 3.63) is 32.6 Å². The average molecular weight is 161 g/mol. The minimum absolute atomic E-state index is 0.0659. The van der Waals surface area contributed by atoms with Crippen LogP contribution in [-0.2, 0) is 0 Å². The SMILES string of the molecule is N#CC#Cc1c[nH]c(=O)[nH]c1=O. The number of hydrogen-bond donors (Lipinski definition) is 2. The van der Waals surface area contributed by atoms with E-state index in [1.165, 1.54) is 0 Å². The first kappa shape index (κ1) is 7.83. The molecule has 5 nitrogen and oxygen atoms in total. The first-order valence-electron chi connectivity index (χ1n) is 2.96. The maximum Gasteiger partial charge on any atom is 0.325 e. The van der Waals surface area contributed by atoms with E-state index in [1.807, 2.05) is 10.9 Å². The molecule has 0 saturated heterocycles. The fourth-order valence-electron chi connectivity index (χ4n) is 0.598. The third-order valence-corrected chi connectivity index (χ3v) is 1.07. The van der Waals surface area contributed by atoms with E-state index >= 15 is 0 Å². The van der Waals surface area contributed by atoms with E-state index in [0.29, 0.717) is 0 Å². The van der Waals surface area contributed by atoms with Crippen molar-refractivity contribution < 1.29 is 0 Å². The van der Waals surface area contributed by atoms with Crippen LogP contribution in [0.2, 0.25) is 0 Å². The fourth-order valence-corrected chi connectivity index (χ4v) is 0.598. The van der Waals surface area contributed by atoms with Crippen LogP contribution in [0.5, 0.6) is 0 Å². The Balaban J connectivity index is 3.31. The number of H-pyrrole nitrogens is 2. The zero-order chi connectivity index (χ0) is 8.97. The summed E-state index contributed by atoms with van der Waals surface area (Å²) in [6.07, 6.45) is 1.16. The van der Waals surface area contributed by atoms with Gasteiger partial charge in [-0.2, -0.15) is 5.26 Å². The summed E-state index contributed by atoms with van der Waals surface area (Å²) in [5.74, 6) is 4.30. The Morgan fingerprint density at radius 1 is 1.42 bits per heavy atom. The third-order valence-electron chi connectivity index (χ3n) is 1.07. The number of hydrogen-bond acceptors (Lipinski definition) is 3. The topological polar surface area (TPSA) is 89.5 Å². The first-order valence-corrected chi connectivity index (χ1v) is 2.96. The van der Waals surface area contributed by atoms with Crippen LogP contribution in [-0.4, -0.2) is 9.97 Å². The third kappa shape index (κ3) is 1.61. The minimum Gasteiger partial charge on any atom is -0.313 e. The summed E-state index contributed by atoms with van der Waals surface area (Å²) >= 11 is 0. The van der Waals surface area contributed by atoms with Crippen LogP contribution in [0.25, 0.3) is 0 Å². The van der Waals surface area contributed by atoms with Gasteiger partial charge in [0.25, 0.3) is 5.56 Å². The van der Waals surface area contributed by atoms with Gasteiger partial charge in [-0.3, -0.25) is 9.78 Å². The number of aromatic amines is 2. The summed E-state index contributed by atoms with van der Waals surface area (Å²) < 4.78 is 0. The minimum atomic E-state index is -0.596. The lowest BCUT2D eigenvalue weighted by Crippen LogP contribution is -2.23. The predicted molar refractivity (Wildman–Crippen MR) is 40.2 cm³/mol. The van der Waals surface area contributed by atoms with Crippen molar-refractivity contribution in [1.82, 2.24) is 9.97 Å². The van der Waals surface area contributed by atoms with E-state index in [0.717, 1.165) is 6.20 Å². The molecule has 0 amide bonds. The van der Waals surface area contributed by atoms with Crippen LogP contribution >= 0.6 is 0 Å². The summed E-state index contributed by atoms with van der Waals surface area (Å²) in [6.45, 7) is 0. The van der Waals surface area contributed by atoms with Crippen molar-refractivity contribution in [2.75, 3.05) is 0 Å². The van der Waals surface area contributed by atoms with Crippen molar-refractivity contribution in [3.8, 4) is 17.9 Å². The Bertz CT molecular complexity index is 492. The number of rotatable bonds is 0. The Kier molecular flexibility index (Phi) is 2.10. The van der Waals surface area contributed by atoms with E-state index < -0.39 is 11.2 Å². The smallest absolute Gasteiger partial charge is 0.313 e. The Morgan fingerprint density at radius 2 is 2.17 bits per heavy atom. The van der Waals surface area contributed by atoms with Crippen molar-refractivity contribution in [1.29, 1.82) is 5.26 Å². The molecule has 0 atom stereocenters. The Labute approximate surface area is 66.7 Å². The van der Waals surface area contributed by atoms with Crippen LogP contribution < -0.4 is 11.2 Å². The number of nitriles is 1. The highest BCUT2D eigenvalue weighted by atomic mass is 16.2. The van der Waals surface area contributed by atoms with Gasteiger partial charge in [0.2, 0.25) is 0 Å². The molecule has 0 aliphatic heterocycles. The number of aromatic nitrogens is 2. The molecular formula is C7H3N3O2. The van der Waals surface area contributed by atoms with E-state index in [4.69, 9.17) is 5.26 Å². The summed E-state index contributed by atoms with van der Waals surface area (Å²) in [5.41, 5.74) is -1.12. The maximum atomic E-state index is 10.9. The molecule has 0 aromatic carbocycles. The van der Waals surface area contributed by atoms with Gasteiger partial charge in [0, 0.05) is 12.1 Å². The molecule has 1 heterocycles. The average Bonchev–Trinajstić information content (AvgIpc) is 2.03. The van der Waals surface area contributed by atoms with Gasteiger partial charge in [0.15, 0.2) is 6.07 Å². The van der Waals surface area contributed by atoms with Crippen LogP contribution in [0.1, 0.15) is 5.56 Å². The van der Waals surface area contributed by atoms with Crippen LogP contribution in [0.3, 0.4) is 0 Å². The summed E-state index contributed by atoms with van der Waals surface area (Å²) in [7, 11) is 0. The summed E-state index contributed by atoms with van der Waals surface area (Å²) in [6, 6.07) is 1.55. The van der Waals surface area contributed by atoms with Crippen molar-refractivity contribution in [2.24, 2.45) is 0 Å². The lowest BCUT2D eigenvalue weighted by molar-refractivity contribution is 1.03. The van der Waals surface area contributed by atoms with E-state index in [-0.39, 0.29) is 5.56 Å². The molecule has 1 rings (SSSR count). The van der Waals surface area contributed by atoms with Gasteiger partial charge in [0.05, 0.1) is 0 Å². The standard InChI is InChI=1S/C7H3N3O2/c8-3-1-2-5-4-9-7(12)10-6(5)11/h4H,(H2,9,10,11,12). The summed E-state index contributed by atoms with van der Waals surface area (Å²) in [5, 5.41) is 8.07. The van der Waals surface area contributed by atoms with E-state index in [1.54, 1.807) is 6.07 Å². The summed E-state index contributed by atoms with van der Waals surface area (Å²) in [4.78, 5) is 25.5.